The molecule has 0 aromatic heterocycles. The van der Waals surface area contributed by atoms with Gasteiger partial charge in [0.15, 0.2) is 0 Å². The predicted octanol–water partition coefficient (Wildman–Crippen LogP) is 2.84. The second-order valence-corrected chi connectivity index (χ2v) is 4.30. The first-order chi connectivity index (χ1) is 8.50. The zero-order valence-corrected chi connectivity index (χ0v) is 9.87. The molecule has 1 aromatic carbocycles. The minimum atomic E-state index is -4.19. The van der Waals surface area contributed by atoms with E-state index in [0.29, 0.717) is 19.6 Å². The van der Waals surface area contributed by atoms with E-state index in [1.807, 2.05) is 29.2 Å². The summed E-state index contributed by atoms with van der Waals surface area (Å²) in [6.45, 7) is 1.12. The Kier molecular flexibility index (Phi) is 3.61. The zero-order valence-electron chi connectivity index (χ0n) is 9.87. The first-order valence-electron chi connectivity index (χ1n) is 5.81. The third-order valence-electron chi connectivity index (χ3n) is 3.08. The molecule has 2 rings (SSSR count). The number of nitrogens with zero attached hydrogens (tertiary/aromatic N) is 1. The van der Waals surface area contributed by atoms with E-state index in [1.54, 1.807) is 0 Å². The lowest BCUT2D eigenvalue weighted by atomic mass is 10.1. The second-order valence-electron chi connectivity index (χ2n) is 4.30. The van der Waals surface area contributed by atoms with E-state index in [1.165, 1.54) is 6.08 Å². The Labute approximate surface area is 104 Å². The maximum Gasteiger partial charge on any atom is 0.412 e. The lowest BCUT2D eigenvalue weighted by Crippen LogP contribution is -2.31. The molecule has 0 unspecified atom stereocenters. The highest BCUT2D eigenvalue weighted by atomic mass is 19.4. The van der Waals surface area contributed by atoms with Gasteiger partial charge in [-0.25, -0.2) is 0 Å². The lowest BCUT2D eigenvalue weighted by Gasteiger charge is -2.29. The quantitative estimate of drug-likeness (QED) is 0.824. The molecule has 5 heteroatoms. The molecule has 0 spiro atoms. The molecule has 1 aliphatic rings. The van der Waals surface area contributed by atoms with E-state index in [2.05, 4.69) is 0 Å². The Morgan fingerprint density at radius 1 is 1.28 bits per heavy atom. The van der Waals surface area contributed by atoms with Gasteiger partial charge in [-0.2, -0.15) is 13.2 Å². The highest BCUT2D eigenvalue weighted by Crippen LogP contribution is 2.31. The molecule has 1 aromatic rings. The third kappa shape index (κ3) is 2.85. The fraction of sp³-hybridized carbons (Fsp3) is 0.385. The number of hydrogen-bond donors (Lipinski definition) is 1. The standard InChI is InChI=1S/C13H15F3N2/c14-13(15,16)11-4-6-18(7-5-11)12-3-1-2-10(8-12)9-17/h1-4,8H,5-7,9,17H2. The van der Waals surface area contributed by atoms with E-state index in [-0.39, 0.29) is 6.42 Å². The van der Waals surface area contributed by atoms with E-state index in [9.17, 15) is 13.2 Å². The largest absolute Gasteiger partial charge is 0.412 e. The van der Waals surface area contributed by atoms with Crippen LogP contribution in [0.15, 0.2) is 35.9 Å². The maximum absolute atomic E-state index is 12.5. The number of nitrogens with two attached hydrogens (primary N) is 1. The van der Waals surface area contributed by atoms with E-state index >= 15 is 0 Å². The van der Waals surface area contributed by atoms with Crippen molar-refractivity contribution in [2.45, 2.75) is 19.1 Å². The minimum Gasteiger partial charge on any atom is -0.367 e. The number of hydrogen-bond acceptors (Lipinski definition) is 2. The fourth-order valence-electron chi connectivity index (χ4n) is 2.04. The molecule has 18 heavy (non-hydrogen) atoms. The van der Waals surface area contributed by atoms with Crippen molar-refractivity contribution in [2.24, 2.45) is 5.73 Å². The number of benzene rings is 1. The van der Waals surface area contributed by atoms with Gasteiger partial charge in [-0.15, -0.1) is 0 Å². The van der Waals surface area contributed by atoms with Crippen molar-refractivity contribution < 1.29 is 13.2 Å². The van der Waals surface area contributed by atoms with Crippen LogP contribution >= 0.6 is 0 Å². The normalized spacial score (nSPS) is 16.7. The van der Waals surface area contributed by atoms with Crippen LogP contribution in [-0.2, 0) is 6.54 Å². The summed E-state index contributed by atoms with van der Waals surface area (Å²) in [6.07, 6.45) is -2.89. The highest BCUT2D eigenvalue weighted by Gasteiger charge is 2.34. The van der Waals surface area contributed by atoms with Gasteiger partial charge in [-0.3, -0.25) is 0 Å². The molecule has 0 atom stereocenters. The molecule has 98 valence electrons. The van der Waals surface area contributed by atoms with Crippen LogP contribution in [0, 0.1) is 0 Å². The summed E-state index contributed by atoms with van der Waals surface area (Å²) in [5.74, 6) is 0. The molecule has 0 radical (unpaired) electrons. The van der Waals surface area contributed by atoms with Crippen LogP contribution in [0.4, 0.5) is 18.9 Å². The molecule has 0 fully saturated rings. The molecule has 0 saturated carbocycles. The van der Waals surface area contributed by atoms with Crippen LogP contribution < -0.4 is 10.6 Å². The van der Waals surface area contributed by atoms with Crippen LogP contribution in [0.1, 0.15) is 12.0 Å². The van der Waals surface area contributed by atoms with Gasteiger partial charge in [-0.05, 0) is 24.1 Å². The molecular formula is C13H15F3N2. The van der Waals surface area contributed by atoms with Crippen molar-refractivity contribution in [3.63, 3.8) is 0 Å². The third-order valence-corrected chi connectivity index (χ3v) is 3.08. The predicted molar refractivity (Wildman–Crippen MR) is 65.3 cm³/mol. The Morgan fingerprint density at radius 3 is 2.61 bits per heavy atom. The summed E-state index contributed by atoms with van der Waals surface area (Å²) >= 11 is 0. The zero-order chi connectivity index (χ0) is 13.2. The average Bonchev–Trinajstić information content (AvgIpc) is 2.38. The molecule has 1 aliphatic heterocycles. The van der Waals surface area contributed by atoms with Crippen molar-refractivity contribution in [1.82, 2.24) is 0 Å². The van der Waals surface area contributed by atoms with Crippen LogP contribution in [0.5, 0.6) is 0 Å². The summed E-state index contributed by atoms with van der Waals surface area (Å²) in [5.41, 5.74) is 7.04. The van der Waals surface area contributed by atoms with Crippen molar-refractivity contribution in [2.75, 3.05) is 18.0 Å². The van der Waals surface area contributed by atoms with Crippen molar-refractivity contribution in [3.8, 4) is 0 Å². The summed E-state index contributed by atoms with van der Waals surface area (Å²) in [4.78, 5) is 1.92. The lowest BCUT2D eigenvalue weighted by molar-refractivity contribution is -0.0943. The molecule has 0 amide bonds. The average molecular weight is 256 g/mol. The second kappa shape index (κ2) is 5.02. The van der Waals surface area contributed by atoms with Crippen LogP contribution in [-0.4, -0.2) is 19.3 Å². The van der Waals surface area contributed by atoms with Gasteiger partial charge in [-0.1, -0.05) is 18.2 Å². The van der Waals surface area contributed by atoms with E-state index in [4.69, 9.17) is 5.73 Å². The summed E-state index contributed by atoms with van der Waals surface area (Å²) in [5, 5.41) is 0. The first-order valence-corrected chi connectivity index (χ1v) is 5.81. The molecule has 2 nitrogen and oxygen atoms in total. The van der Waals surface area contributed by atoms with Crippen LogP contribution in [0.3, 0.4) is 0 Å². The molecule has 0 aliphatic carbocycles. The van der Waals surface area contributed by atoms with Gasteiger partial charge in [0.25, 0.3) is 0 Å². The van der Waals surface area contributed by atoms with Gasteiger partial charge in [0.2, 0.25) is 0 Å². The smallest absolute Gasteiger partial charge is 0.367 e. The SMILES string of the molecule is NCc1cccc(N2CC=C(C(F)(F)F)CC2)c1. The highest BCUT2D eigenvalue weighted by molar-refractivity contribution is 5.50. The van der Waals surface area contributed by atoms with E-state index < -0.39 is 11.7 Å². The number of anilines is 1. The molecule has 1 heterocycles. The minimum absolute atomic E-state index is 0.0380. The Balaban J connectivity index is 2.11. The van der Waals surface area contributed by atoms with Gasteiger partial charge in [0, 0.05) is 30.9 Å². The maximum atomic E-state index is 12.5. The van der Waals surface area contributed by atoms with Gasteiger partial charge in [0.1, 0.15) is 0 Å². The number of halogens is 3. The molecule has 0 saturated heterocycles. The molecular weight excluding hydrogens is 241 g/mol. The number of alkyl halides is 3. The monoisotopic (exact) mass is 256 g/mol. The van der Waals surface area contributed by atoms with Crippen molar-refractivity contribution >= 4 is 5.69 Å². The number of rotatable bonds is 2. The summed E-state index contributed by atoms with van der Waals surface area (Å²) < 4.78 is 37.5. The van der Waals surface area contributed by atoms with Crippen LogP contribution in [0.2, 0.25) is 0 Å². The van der Waals surface area contributed by atoms with Crippen molar-refractivity contribution in [3.05, 3.63) is 41.5 Å². The van der Waals surface area contributed by atoms with Crippen LogP contribution in [0.25, 0.3) is 0 Å². The molecule has 0 bridgehead atoms. The fourth-order valence-corrected chi connectivity index (χ4v) is 2.04. The Hall–Kier alpha value is -1.49. The molecule has 2 N–H and O–H groups in total. The first kappa shape index (κ1) is 13.0. The van der Waals surface area contributed by atoms with Gasteiger partial charge >= 0.3 is 6.18 Å². The van der Waals surface area contributed by atoms with Gasteiger partial charge < -0.3 is 10.6 Å². The summed E-state index contributed by atoms with van der Waals surface area (Å²) in [7, 11) is 0. The topological polar surface area (TPSA) is 29.3 Å². The van der Waals surface area contributed by atoms with Gasteiger partial charge in [0.05, 0.1) is 0 Å². The summed E-state index contributed by atoms with van der Waals surface area (Å²) in [6, 6.07) is 7.60. The van der Waals surface area contributed by atoms with E-state index in [0.717, 1.165) is 11.3 Å². The Morgan fingerprint density at radius 2 is 2.06 bits per heavy atom. The Bertz CT molecular complexity index is 452. The van der Waals surface area contributed by atoms with Crippen molar-refractivity contribution in [1.29, 1.82) is 0 Å².